The van der Waals surface area contributed by atoms with Crippen molar-refractivity contribution in [1.29, 1.82) is 0 Å². The highest BCUT2D eigenvalue weighted by molar-refractivity contribution is 7.25. The number of benzene rings is 9. The van der Waals surface area contributed by atoms with Crippen LogP contribution in [0.3, 0.4) is 0 Å². The lowest BCUT2D eigenvalue weighted by atomic mass is 9.97. The fourth-order valence-corrected chi connectivity index (χ4v) is 9.66. The van der Waals surface area contributed by atoms with Gasteiger partial charge in [0.05, 0.1) is 22.4 Å². The van der Waals surface area contributed by atoms with E-state index in [0.29, 0.717) is 0 Å². The summed E-state index contributed by atoms with van der Waals surface area (Å²) in [7, 11) is 0. The van der Waals surface area contributed by atoms with E-state index < -0.39 is 0 Å². The van der Waals surface area contributed by atoms with Crippen molar-refractivity contribution < 1.29 is 0 Å². The Morgan fingerprint density at radius 3 is 1.70 bits per heavy atom. The lowest BCUT2D eigenvalue weighted by Crippen LogP contribution is -2.11. The number of anilines is 3. The summed E-state index contributed by atoms with van der Waals surface area (Å²) in [5, 5.41) is 5.11. The van der Waals surface area contributed by atoms with Crippen molar-refractivity contribution in [3.63, 3.8) is 0 Å². The number of nitrogens with zero attached hydrogens (tertiary/aromatic N) is 2. The van der Waals surface area contributed by atoms with Gasteiger partial charge in [0.25, 0.3) is 0 Å². The van der Waals surface area contributed by atoms with Crippen molar-refractivity contribution in [2.45, 2.75) is 0 Å². The van der Waals surface area contributed by atoms with Crippen LogP contribution in [0.2, 0.25) is 0 Å². The molecule has 0 aliphatic carbocycles. The van der Waals surface area contributed by atoms with Crippen LogP contribution in [0, 0.1) is 0 Å². The van der Waals surface area contributed by atoms with Gasteiger partial charge in [-0.15, -0.1) is 11.3 Å². The lowest BCUT2D eigenvalue weighted by molar-refractivity contribution is 1.18. The Morgan fingerprint density at radius 2 is 0.912 bits per heavy atom. The summed E-state index contributed by atoms with van der Waals surface area (Å²) in [5.74, 6) is 0. The van der Waals surface area contributed by atoms with Crippen LogP contribution >= 0.6 is 11.3 Å². The van der Waals surface area contributed by atoms with Gasteiger partial charge in [0.15, 0.2) is 0 Å². The van der Waals surface area contributed by atoms with E-state index in [1.54, 1.807) is 0 Å². The van der Waals surface area contributed by atoms with E-state index in [9.17, 15) is 0 Å². The molecule has 9 aromatic carbocycles. The Balaban J connectivity index is 1.02. The number of hydrogen-bond donors (Lipinski definition) is 0. The predicted octanol–water partition coefficient (Wildman–Crippen LogP) is 15.6. The zero-order valence-electron chi connectivity index (χ0n) is 31.1. The molecule has 0 N–H and O–H groups in total. The number of hydrogen-bond acceptors (Lipinski definition) is 2. The Morgan fingerprint density at radius 1 is 0.333 bits per heavy atom. The summed E-state index contributed by atoms with van der Waals surface area (Å²) in [6.07, 6.45) is 0. The van der Waals surface area contributed by atoms with Crippen molar-refractivity contribution in [3.05, 3.63) is 218 Å². The van der Waals surface area contributed by atoms with Gasteiger partial charge in [-0.3, -0.25) is 0 Å². The Hall–Kier alpha value is -7.20. The summed E-state index contributed by atoms with van der Waals surface area (Å²) in [6, 6.07) is 79.4. The van der Waals surface area contributed by atoms with Gasteiger partial charge in [-0.05, 0) is 89.0 Å². The largest absolute Gasteiger partial charge is 0.310 e. The smallest absolute Gasteiger partial charge is 0.0541 e. The van der Waals surface area contributed by atoms with E-state index in [1.807, 2.05) is 11.3 Å². The highest BCUT2D eigenvalue weighted by atomic mass is 32.1. The maximum absolute atomic E-state index is 2.42. The molecule has 2 aromatic heterocycles. The number of aromatic nitrogens is 1. The molecule has 57 heavy (non-hydrogen) atoms. The van der Waals surface area contributed by atoms with E-state index in [-0.39, 0.29) is 0 Å². The lowest BCUT2D eigenvalue weighted by Gasteiger charge is -2.28. The highest BCUT2D eigenvalue weighted by Gasteiger charge is 2.19. The molecule has 0 saturated carbocycles. The van der Waals surface area contributed by atoms with Crippen LogP contribution in [0.25, 0.3) is 81.0 Å². The Bertz CT molecular complexity index is 3190. The molecule has 2 nitrogen and oxygen atoms in total. The maximum Gasteiger partial charge on any atom is 0.0541 e. The minimum atomic E-state index is 1.11. The van der Waals surface area contributed by atoms with Gasteiger partial charge < -0.3 is 9.47 Å². The zero-order valence-corrected chi connectivity index (χ0v) is 31.9. The van der Waals surface area contributed by atoms with Crippen molar-refractivity contribution in [3.8, 4) is 39.1 Å². The van der Waals surface area contributed by atoms with Crippen molar-refractivity contribution in [2.75, 3.05) is 4.90 Å². The highest BCUT2D eigenvalue weighted by Crippen LogP contribution is 2.44. The van der Waals surface area contributed by atoms with Gasteiger partial charge in [-0.25, -0.2) is 0 Å². The number of fused-ring (bicyclic) bond motifs is 6. The first-order valence-corrected chi connectivity index (χ1v) is 20.2. The topological polar surface area (TPSA) is 8.17 Å². The van der Waals surface area contributed by atoms with E-state index in [2.05, 4.69) is 228 Å². The van der Waals surface area contributed by atoms with Gasteiger partial charge in [0.1, 0.15) is 0 Å². The van der Waals surface area contributed by atoms with Crippen LogP contribution in [-0.4, -0.2) is 4.57 Å². The second-order valence-electron chi connectivity index (χ2n) is 14.5. The summed E-state index contributed by atoms with van der Waals surface area (Å²) in [5.41, 5.74) is 14.1. The molecule has 11 aromatic rings. The van der Waals surface area contributed by atoms with Crippen LogP contribution < -0.4 is 4.90 Å². The predicted molar refractivity (Wildman–Crippen MR) is 245 cm³/mol. The normalized spacial score (nSPS) is 11.5. The van der Waals surface area contributed by atoms with Crippen LogP contribution in [0.15, 0.2) is 218 Å². The average molecular weight is 745 g/mol. The van der Waals surface area contributed by atoms with Gasteiger partial charge in [-0.2, -0.15) is 0 Å². The minimum absolute atomic E-state index is 1.11. The molecule has 0 bridgehead atoms. The number of thiophene rings is 1. The SMILES string of the molecule is c1ccc(-c2ccccc2N(c2ccc(-c3cccc(-c4ccccc4-n4c5ccccc5c5ccccc54)c3)cc2)c2ccc3sc4ccccc4c3c2)cc1. The second kappa shape index (κ2) is 13.8. The first-order valence-electron chi connectivity index (χ1n) is 19.4. The molecule has 0 spiro atoms. The van der Waals surface area contributed by atoms with Gasteiger partial charge in [0.2, 0.25) is 0 Å². The molecule has 0 aliphatic heterocycles. The first-order chi connectivity index (χ1) is 28.3. The van der Waals surface area contributed by atoms with Crippen molar-refractivity contribution >= 4 is 70.4 Å². The molecule has 0 fully saturated rings. The molecule has 0 radical (unpaired) electrons. The van der Waals surface area contributed by atoms with E-state index >= 15 is 0 Å². The van der Waals surface area contributed by atoms with Gasteiger partial charge in [-0.1, -0.05) is 152 Å². The molecule has 3 heteroatoms. The summed E-state index contributed by atoms with van der Waals surface area (Å²) in [6.45, 7) is 0. The summed E-state index contributed by atoms with van der Waals surface area (Å²) >= 11 is 1.85. The summed E-state index contributed by atoms with van der Waals surface area (Å²) < 4.78 is 5.02. The molecule has 2 heterocycles. The van der Waals surface area contributed by atoms with E-state index in [1.165, 1.54) is 81.0 Å². The molecule has 0 unspecified atom stereocenters. The van der Waals surface area contributed by atoms with Crippen molar-refractivity contribution in [1.82, 2.24) is 4.57 Å². The van der Waals surface area contributed by atoms with Crippen LogP contribution in [-0.2, 0) is 0 Å². The molecule has 268 valence electrons. The van der Waals surface area contributed by atoms with E-state index in [0.717, 1.165) is 17.1 Å². The quantitative estimate of drug-likeness (QED) is 0.158. The third-order valence-electron chi connectivity index (χ3n) is 11.2. The maximum atomic E-state index is 2.42. The summed E-state index contributed by atoms with van der Waals surface area (Å²) in [4.78, 5) is 2.41. The average Bonchev–Trinajstić information content (AvgIpc) is 3.83. The van der Waals surface area contributed by atoms with Crippen LogP contribution in [0.4, 0.5) is 17.1 Å². The number of para-hydroxylation sites is 4. The third kappa shape index (κ3) is 5.71. The fraction of sp³-hybridized carbons (Fsp3) is 0. The minimum Gasteiger partial charge on any atom is -0.310 e. The zero-order chi connectivity index (χ0) is 37.7. The van der Waals surface area contributed by atoms with Crippen LogP contribution in [0.5, 0.6) is 0 Å². The number of rotatable bonds is 7. The second-order valence-corrected chi connectivity index (χ2v) is 15.6. The Labute approximate surface area is 335 Å². The van der Waals surface area contributed by atoms with Gasteiger partial charge in [0, 0.05) is 53.4 Å². The monoisotopic (exact) mass is 744 g/mol. The standard InChI is InChI=1S/C54H36N2S/c1-2-15-38(16-3-1)43-19-4-9-24-49(43)55(42-33-34-54-48(36-42)47-23-8-13-28-53(47)57-54)41-31-29-37(30-32-41)39-17-14-18-40(35-39)44-20-5-10-25-50(44)56-51-26-11-6-21-45(51)46-22-7-12-27-52(46)56/h1-36H. The molecule has 0 amide bonds. The van der Waals surface area contributed by atoms with Gasteiger partial charge >= 0.3 is 0 Å². The fourth-order valence-electron chi connectivity index (χ4n) is 8.57. The third-order valence-corrected chi connectivity index (χ3v) is 12.4. The Kier molecular flexibility index (Phi) is 8.04. The molecular formula is C54H36N2S. The molecular weight excluding hydrogens is 709 g/mol. The van der Waals surface area contributed by atoms with Crippen LogP contribution in [0.1, 0.15) is 0 Å². The first kappa shape index (κ1) is 33.2. The van der Waals surface area contributed by atoms with E-state index in [4.69, 9.17) is 0 Å². The molecule has 0 saturated heterocycles. The molecule has 11 rings (SSSR count). The van der Waals surface area contributed by atoms with Crippen molar-refractivity contribution in [2.24, 2.45) is 0 Å². The molecule has 0 atom stereocenters. The molecule has 0 aliphatic rings.